The fourth-order valence-corrected chi connectivity index (χ4v) is 2.94. The summed E-state index contributed by atoms with van der Waals surface area (Å²) in [7, 11) is 0. The molecule has 1 aromatic rings. The first-order valence-electron chi connectivity index (χ1n) is 7.93. The van der Waals surface area contributed by atoms with Crippen LogP contribution in [0.1, 0.15) is 33.1 Å². The Kier molecular flexibility index (Phi) is 5.86. The van der Waals surface area contributed by atoms with E-state index in [1.54, 1.807) is 0 Å². The van der Waals surface area contributed by atoms with E-state index in [4.69, 9.17) is 4.74 Å². The Hall–Kier alpha value is -1.06. The molecule has 0 bridgehead atoms. The predicted molar refractivity (Wildman–Crippen MR) is 84.3 cm³/mol. The van der Waals surface area contributed by atoms with Gasteiger partial charge in [0.05, 0.1) is 0 Å². The highest BCUT2D eigenvalue weighted by Gasteiger charge is 2.29. The van der Waals surface area contributed by atoms with E-state index in [0.29, 0.717) is 5.54 Å². The van der Waals surface area contributed by atoms with Crippen LogP contribution in [0.5, 0.6) is 5.75 Å². The monoisotopic (exact) mass is 276 g/mol. The van der Waals surface area contributed by atoms with Gasteiger partial charge in [0.15, 0.2) is 0 Å². The fraction of sp³-hybridized carbons (Fsp3) is 0.647. The number of rotatable bonds is 6. The van der Waals surface area contributed by atoms with Crippen LogP contribution in [-0.4, -0.2) is 43.2 Å². The van der Waals surface area contributed by atoms with Gasteiger partial charge in [-0.2, -0.15) is 0 Å². The minimum absolute atomic E-state index is 0.295. The van der Waals surface area contributed by atoms with Crippen LogP contribution < -0.4 is 10.1 Å². The average molecular weight is 276 g/mol. The first kappa shape index (κ1) is 15.3. The van der Waals surface area contributed by atoms with Gasteiger partial charge in [0.2, 0.25) is 0 Å². The Morgan fingerprint density at radius 3 is 2.65 bits per heavy atom. The summed E-state index contributed by atoms with van der Waals surface area (Å²) in [6, 6.07) is 10.1. The molecule has 3 nitrogen and oxygen atoms in total. The highest BCUT2D eigenvalue weighted by molar-refractivity contribution is 5.20. The van der Waals surface area contributed by atoms with Crippen molar-refractivity contribution in [2.24, 2.45) is 0 Å². The van der Waals surface area contributed by atoms with Crippen molar-refractivity contribution in [3.8, 4) is 5.75 Å². The fourth-order valence-electron chi connectivity index (χ4n) is 2.94. The Balaban J connectivity index is 1.82. The van der Waals surface area contributed by atoms with Gasteiger partial charge in [-0.1, -0.05) is 32.0 Å². The molecule has 1 heterocycles. The second kappa shape index (κ2) is 7.65. The molecule has 1 aliphatic rings. The molecule has 0 amide bonds. The average Bonchev–Trinajstić information content (AvgIpc) is 2.71. The summed E-state index contributed by atoms with van der Waals surface area (Å²) in [6.45, 7) is 9.82. The minimum Gasteiger partial charge on any atom is -0.492 e. The first-order valence-corrected chi connectivity index (χ1v) is 7.93. The van der Waals surface area contributed by atoms with E-state index in [-0.39, 0.29) is 0 Å². The molecule has 0 saturated carbocycles. The van der Waals surface area contributed by atoms with E-state index >= 15 is 0 Å². The van der Waals surface area contributed by atoms with Crippen molar-refractivity contribution in [1.82, 2.24) is 10.2 Å². The second-order valence-corrected chi connectivity index (χ2v) is 5.71. The molecular formula is C17H28N2O. The van der Waals surface area contributed by atoms with Crippen molar-refractivity contribution < 1.29 is 4.74 Å². The van der Waals surface area contributed by atoms with Crippen molar-refractivity contribution in [1.29, 1.82) is 0 Å². The lowest BCUT2D eigenvalue weighted by Gasteiger charge is -2.35. The largest absolute Gasteiger partial charge is 0.492 e. The predicted octanol–water partition coefficient (Wildman–Crippen LogP) is 2.92. The van der Waals surface area contributed by atoms with Crippen LogP contribution in [0.3, 0.4) is 0 Å². The maximum Gasteiger partial charge on any atom is 0.119 e. The molecule has 0 aromatic heterocycles. The van der Waals surface area contributed by atoms with Crippen LogP contribution in [-0.2, 0) is 0 Å². The van der Waals surface area contributed by atoms with Crippen molar-refractivity contribution in [2.75, 3.05) is 32.8 Å². The summed E-state index contributed by atoms with van der Waals surface area (Å²) < 4.78 is 5.82. The molecule has 1 N–H and O–H groups in total. The molecule has 1 fully saturated rings. The third-order valence-electron chi connectivity index (χ3n) is 4.45. The van der Waals surface area contributed by atoms with Crippen LogP contribution in [0, 0.1) is 0 Å². The van der Waals surface area contributed by atoms with Crippen molar-refractivity contribution in [3.63, 3.8) is 0 Å². The number of ether oxygens (including phenoxy) is 1. The number of hydrogen-bond acceptors (Lipinski definition) is 3. The number of para-hydroxylation sites is 1. The van der Waals surface area contributed by atoms with Gasteiger partial charge in [-0.25, -0.2) is 0 Å². The topological polar surface area (TPSA) is 24.5 Å². The highest BCUT2D eigenvalue weighted by atomic mass is 16.5. The quantitative estimate of drug-likeness (QED) is 0.864. The third kappa shape index (κ3) is 4.22. The molecule has 0 unspecified atom stereocenters. The van der Waals surface area contributed by atoms with Gasteiger partial charge in [-0.15, -0.1) is 0 Å². The van der Waals surface area contributed by atoms with Gasteiger partial charge in [0.25, 0.3) is 0 Å². The molecule has 20 heavy (non-hydrogen) atoms. The van der Waals surface area contributed by atoms with Crippen LogP contribution >= 0.6 is 0 Å². The smallest absolute Gasteiger partial charge is 0.119 e. The van der Waals surface area contributed by atoms with Crippen LogP contribution in [0.25, 0.3) is 0 Å². The first-order chi connectivity index (χ1) is 9.78. The minimum atomic E-state index is 0.295. The molecule has 1 aromatic carbocycles. The molecule has 0 aliphatic carbocycles. The maximum atomic E-state index is 5.82. The summed E-state index contributed by atoms with van der Waals surface area (Å²) in [4.78, 5) is 2.55. The van der Waals surface area contributed by atoms with E-state index < -0.39 is 0 Å². The van der Waals surface area contributed by atoms with E-state index in [1.807, 2.05) is 30.3 Å². The van der Waals surface area contributed by atoms with Gasteiger partial charge in [0, 0.05) is 18.6 Å². The molecule has 0 spiro atoms. The maximum absolute atomic E-state index is 5.82. The molecule has 3 heteroatoms. The molecule has 112 valence electrons. The van der Waals surface area contributed by atoms with Crippen LogP contribution in [0.2, 0.25) is 0 Å². The second-order valence-electron chi connectivity index (χ2n) is 5.71. The van der Waals surface area contributed by atoms with E-state index in [0.717, 1.165) is 32.0 Å². The zero-order valence-electron chi connectivity index (χ0n) is 12.9. The van der Waals surface area contributed by atoms with Crippen molar-refractivity contribution in [3.05, 3.63) is 30.3 Å². The lowest BCUT2D eigenvalue weighted by Crippen LogP contribution is -2.51. The van der Waals surface area contributed by atoms with Gasteiger partial charge in [-0.05, 0) is 44.5 Å². The highest BCUT2D eigenvalue weighted by Crippen LogP contribution is 2.19. The summed E-state index contributed by atoms with van der Waals surface area (Å²) in [5.41, 5.74) is 0.295. The van der Waals surface area contributed by atoms with E-state index in [2.05, 4.69) is 24.1 Å². The van der Waals surface area contributed by atoms with E-state index in [1.165, 1.54) is 25.8 Å². The van der Waals surface area contributed by atoms with Crippen LogP contribution in [0.4, 0.5) is 0 Å². The normalized spacial score (nSPS) is 19.5. The zero-order valence-corrected chi connectivity index (χ0v) is 12.9. The molecule has 1 saturated heterocycles. The molecule has 2 rings (SSSR count). The van der Waals surface area contributed by atoms with Crippen LogP contribution in [0.15, 0.2) is 30.3 Å². The summed E-state index contributed by atoms with van der Waals surface area (Å²) in [5.74, 6) is 0.970. The number of nitrogens with one attached hydrogen (secondary N) is 1. The van der Waals surface area contributed by atoms with Gasteiger partial charge < -0.3 is 10.1 Å². The van der Waals surface area contributed by atoms with Gasteiger partial charge in [-0.3, -0.25) is 4.90 Å². The summed E-state index contributed by atoms with van der Waals surface area (Å²) >= 11 is 0. The summed E-state index contributed by atoms with van der Waals surface area (Å²) in [6.07, 6.45) is 3.62. The molecular weight excluding hydrogens is 248 g/mol. The van der Waals surface area contributed by atoms with E-state index in [9.17, 15) is 0 Å². The molecule has 0 atom stereocenters. The lowest BCUT2D eigenvalue weighted by molar-refractivity contribution is 0.167. The number of nitrogens with zero attached hydrogens (tertiary/aromatic N) is 1. The number of benzene rings is 1. The van der Waals surface area contributed by atoms with Crippen molar-refractivity contribution in [2.45, 2.75) is 38.6 Å². The number of hydrogen-bond donors (Lipinski definition) is 1. The van der Waals surface area contributed by atoms with Gasteiger partial charge in [0.1, 0.15) is 12.4 Å². The molecule has 0 radical (unpaired) electrons. The van der Waals surface area contributed by atoms with Gasteiger partial charge >= 0.3 is 0 Å². The Morgan fingerprint density at radius 2 is 1.95 bits per heavy atom. The zero-order chi connectivity index (χ0) is 14.3. The Morgan fingerprint density at radius 1 is 1.20 bits per heavy atom. The SMILES string of the molecule is CCC1(CC)CN(CCOc2ccccc2)CCCN1. The Bertz CT molecular complexity index is 376. The third-order valence-corrected chi connectivity index (χ3v) is 4.45. The standard InChI is InChI=1S/C17H28N2O/c1-3-17(4-2)15-19(12-8-11-18-17)13-14-20-16-9-6-5-7-10-16/h5-7,9-10,18H,3-4,8,11-15H2,1-2H3. The summed E-state index contributed by atoms with van der Waals surface area (Å²) in [5, 5.41) is 3.75. The lowest BCUT2D eigenvalue weighted by atomic mass is 9.92. The van der Waals surface area contributed by atoms with Crippen molar-refractivity contribution >= 4 is 0 Å². The Labute approximate surface area is 123 Å². The molecule has 1 aliphatic heterocycles.